The predicted octanol–water partition coefficient (Wildman–Crippen LogP) is 2.43. The summed E-state index contributed by atoms with van der Waals surface area (Å²) in [7, 11) is 2.76. The second-order valence-corrected chi connectivity index (χ2v) is 6.73. The smallest absolute Gasteiger partial charge is 0.0514 e. The van der Waals surface area contributed by atoms with Gasteiger partial charge in [-0.05, 0) is 32.9 Å². The van der Waals surface area contributed by atoms with Gasteiger partial charge in [0.15, 0.2) is 0 Å². The lowest BCUT2D eigenvalue weighted by Gasteiger charge is -2.23. The molecule has 0 aliphatic rings. The van der Waals surface area contributed by atoms with Crippen molar-refractivity contribution in [1.82, 2.24) is 5.32 Å². The zero-order valence-electron chi connectivity index (χ0n) is 12.3. The summed E-state index contributed by atoms with van der Waals surface area (Å²) < 4.78 is 17.3. The van der Waals surface area contributed by atoms with Crippen molar-refractivity contribution in [3.63, 3.8) is 0 Å². The van der Waals surface area contributed by atoms with Gasteiger partial charge < -0.3 is 10.1 Å². The van der Waals surface area contributed by atoms with Crippen LogP contribution in [0.1, 0.15) is 30.5 Å². The van der Waals surface area contributed by atoms with Crippen molar-refractivity contribution in [1.29, 1.82) is 0 Å². The molecule has 0 aliphatic heterocycles. The van der Waals surface area contributed by atoms with E-state index in [2.05, 4.69) is 36.5 Å². The first-order valence-electron chi connectivity index (χ1n) is 6.70. The van der Waals surface area contributed by atoms with Gasteiger partial charge in [0.25, 0.3) is 0 Å². The van der Waals surface area contributed by atoms with E-state index in [0.717, 1.165) is 6.42 Å². The van der Waals surface area contributed by atoms with Crippen molar-refractivity contribution in [2.75, 3.05) is 26.5 Å². The number of hydrogen-bond donors (Lipinski definition) is 1. The van der Waals surface area contributed by atoms with Gasteiger partial charge in [0.1, 0.15) is 0 Å². The highest BCUT2D eigenvalue weighted by Crippen LogP contribution is 2.21. The minimum Gasteiger partial charge on any atom is -0.385 e. The fourth-order valence-corrected chi connectivity index (χ4v) is 3.50. The third kappa shape index (κ3) is 5.05. The lowest BCUT2D eigenvalue weighted by Crippen LogP contribution is -2.31. The largest absolute Gasteiger partial charge is 0.385 e. The van der Waals surface area contributed by atoms with Gasteiger partial charge in [0, 0.05) is 36.3 Å². The summed E-state index contributed by atoms with van der Waals surface area (Å²) in [4.78, 5) is 0. The van der Waals surface area contributed by atoms with Gasteiger partial charge in [0.05, 0.1) is 5.25 Å². The standard InChI is InChI=1S/C15H25NO2S/c1-12-6-8-14(9-7-12)15(16-3)13(2)19(17)11-5-10-18-4/h6-9,13,15-16H,5,10-11H2,1-4H3. The summed E-state index contributed by atoms with van der Waals surface area (Å²) in [6.45, 7) is 4.79. The van der Waals surface area contributed by atoms with Gasteiger partial charge in [-0.2, -0.15) is 0 Å². The van der Waals surface area contributed by atoms with Crippen LogP contribution in [0.2, 0.25) is 0 Å². The minimum absolute atomic E-state index is 0.0876. The average Bonchev–Trinajstić information content (AvgIpc) is 2.41. The van der Waals surface area contributed by atoms with Crippen LogP contribution >= 0.6 is 0 Å². The van der Waals surface area contributed by atoms with Gasteiger partial charge in [-0.15, -0.1) is 0 Å². The second-order valence-electron chi connectivity index (χ2n) is 4.81. The molecule has 0 aromatic heterocycles. The molecular weight excluding hydrogens is 258 g/mol. The molecule has 1 aromatic rings. The molecule has 0 saturated carbocycles. The van der Waals surface area contributed by atoms with Crippen molar-refractivity contribution in [3.05, 3.63) is 35.4 Å². The zero-order valence-corrected chi connectivity index (χ0v) is 13.1. The maximum atomic E-state index is 12.3. The van der Waals surface area contributed by atoms with Gasteiger partial charge in [-0.3, -0.25) is 4.21 Å². The fourth-order valence-electron chi connectivity index (χ4n) is 2.13. The Morgan fingerprint density at radius 3 is 2.47 bits per heavy atom. The molecule has 108 valence electrons. The Bertz CT molecular complexity index is 392. The third-order valence-corrected chi connectivity index (χ3v) is 5.12. The SMILES string of the molecule is CNC(c1ccc(C)cc1)C(C)S(=O)CCCOC. The highest BCUT2D eigenvalue weighted by atomic mass is 32.2. The topological polar surface area (TPSA) is 38.3 Å². The molecule has 1 aromatic carbocycles. The number of benzene rings is 1. The molecule has 1 N–H and O–H groups in total. The van der Waals surface area contributed by atoms with Crippen molar-refractivity contribution in [2.45, 2.75) is 31.6 Å². The van der Waals surface area contributed by atoms with Crippen molar-refractivity contribution >= 4 is 10.8 Å². The van der Waals surface area contributed by atoms with E-state index in [1.807, 2.05) is 14.0 Å². The molecule has 0 radical (unpaired) electrons. The molecule has 0 heterocycles. The van der Waals surface area contributed by atoms with Crippen molar-refractivity contribution in [2.24, 2.45) is 0 Å². The lowest BCUT2D eigenvalue weighted by atomic mass is 10.0. The molecule has 4 heteroatoms. The normalized spacial score (nSPS) is 16.0. The summed E-state index contributed by atoms with van der Waals surface area (Å²) in [6.07, 6.45) is 0.845. The van der Waals surface area contributed by atoms with E-state index in [0.29, 0.717) is 12.4 Å². The molecule has 0 amide bonds. The zero-order chi connectivity index (χ0) is 14.3. The monoisotopic (exact) mass is 283 g/mol. The van der Waals surface area contributed by atoms with Crippen LogP contribution in [-0.4, -0.2) is 36.0 Å². The highest BCUT2D eigenvalue weighted by molar-refractivity contribution is 7.85. The Morgan fingerprint density at radius 2 is 1.95 bits per heavy atom. The van der Waals surface area contributed by atoms with E-state index < -0.39 is 10.8 Å². The van der Waals surface area contributed by atoms with Gasteiger partial charge in [-0.25, -0.2) is 0 Å². The minimum atomic E-state index is -0.845. The quantitative estimate of drug-likeness (QED) is 0.745. The lowest BCUT2D eigenvalue weighted by molar-refractivity contribution is 0.200. The molecule has 3 unspecified atom stereocenters. The summed E-state index contributed by atoms with van der Waals surface area (Å²) in [5, 5.41) is 3.37. The van der Waals surface area contributed by atoms with Crippen LogP contribution in [0.4, 0.5) is 0 Å². The van der Waals surface area contributed by atoms with Crippen LogP contribution in [-0.2, 0) is 15.5 Å². The summed E-state index contributed by atoms with van der Waals surface area (Å²) in [5.74, 6) is 0.694. The Balaban J connectivity index is 2.68. The fraction of sp³-hybridized carbons (Fsp3) is 0.600. The predicted molar refractivity (Wildman–Crippen MR) is 81.9 cm³/mol. The van der Waals surface area contributed by atoms with E-state index in [9.17, 15) is 4.21 Å². The van der Waals surface area contributed by atoms with Gasteiger partial charge in [-0.1, -0.05) is 29.8 Å². The molecule has 19 heavy (non-hydrogen) atoms. The molecule has 0 fully saturated rings. The number of hydrogen-bond acceptors (Lipinski definition) is 3. The van der Waals surface area contributed by atoms with E-state index in [4.69, 9.17) is 4.74 Å². The van der Waals surface area contributed by atoms with E-state index in [-0.39, 0.29) is 11.3 Å². The molecule has 0 bridgehead atoms. The van der Waals surface area contributed by atoms with Crippen LogP contribution in [0.5, 0.6) is 0 Å². The Kier molecular flexibility index (Phi) is 7.28. The highest BCUT2D eigenvalue weighted by Gasteiger charge is 2.22. The van der Waals surface area contributed by atoms with Crippen LogP contribution in [0.15, 0.2) is 24.3 Å². The molecule has 3 nitrogen and oxygen atoms in total. The Hall–Kier alpha value is -0.710. The molecule has 0 saturated heterocycles. The number of rotatable bonds is 8. The average molecular weight is 283 g/mol. The van der Waals surface area contributed by atoms with Crippen LogP contribution in [0.25, 0.3) is 0 Å². The van der Waals surface area contributed by atoms with Crippen molar-refractivity contribution in [3.8, 4) is 0 Å². The Labute approximate surface area is 119 Å². The molecule has 0 spiro atoms. The molecule has 0 aliphatic carbocycles. The summed E-state index contributed by atoms with van der Waals surface area (Å²) >= 11 is 0. The van der Waals surface area contributed by atoms with Crippen LogP contribution in [0, 0.1) is 6.92 Å². The molecule has 3 atom stereocenters. The Morgan fingerprint density at radius 1 is 1.32 bits per heavy atom. The summed E-state index contributed by atoms with van der Waals surface area (Å²) in [6, 6.07) is 8.54. The number of methoxy groups -OCH3 is 1. The van der Waals surface area contributed by atoms with E-state index in [1.54, 1.807) is 7.11 Å². The second kappa shape index (κ2) is 8.46. The van der Waals surface area contributed by atoms with E-state index >= 15 is 0 Å². The first-order valence-corrected chi connectivity index (χ1v) is 8.08. The maximum Gasteiger partial charge on any atom is 0.0514 e. The van der Waals surface area contributed by atoms with Crippen LogP contribution in [0.3, 0.4) is 0 Å². The van der Waals surface area contributed by atoms with Crippen LogP contribution < -0.4 is 5.32 Å². The van der Waals surface area contributed by atoms with E-state index in [1.165, 1.54) is 11.1 Å². The third-order valence-electron chi connectivity index (χ3n) is 3.33. The first kappa shape index (κ1) is 16.3. The number of nitrogens with one attached hydrogen (secondary N) is 1. The number of ether oxygens (including phenoxy) is 1. The maximum absolute atomic E-state index is 12.3. The van der Waals surface area contributed by atoms with Crippen molar-refractivity contribution < 1.29 is 8.95 Å². The summed E-state index contributed by atoms with van der Waals surface area (Å²) in [5.41, 5.74) is 2.44. The number of aryl methyl sites for hydroxylation is 1. The molecular formula is C15H25NO2S. The van der Waals surface area contributed by atoms with Gasteiger partial charge in [0.2, 0.25) is 0 Å². The van der Waals surface area contributed by atoms with Gasteiger partial charge >= 0.3 is 0 Å². The molecule has 1 rings (SSSR count). The first-order chi connectivity index (χ1) is 9.10.